The van der Waals surface area contributed by atoms with Crippen LogP contribution in [0.25, 0.3) is 0 Å². The highest BCUT2D eigenvalue weighted by Crippen LogP contribution is 2.37. The third-order valence-corrected chi connectivity index (χ3v) is 8.60. The predicted molar refractivity (Wildman–Crippen MR) is 137 cm³/mol. The molecule has 2 aromatic rings. The summed E-state index contributed by atoms with van der Waals surface area (Å²) in [5.74, 6) is -2.18. The fourth-order valence-corrected chi connectivity index (χ4v) is 6.54. The van der Waals surface area contributed by atoms with Gasteiger partial charge in [0.25, 0.3) is 5.91 Å². The second-order valence-corrected chi connectivity index (χ2v) is 12.3. The van der Waals surface area contributed by atoms with Gasteiger partial charge in [0.05, 0.1) is 5.56 Å². The zero-order valence-electron chi connectivity index (χ0n) is 22.0. The molecule has 1 aromatic carbocycles. The smallest absolute Gasteiger partial charge is 0.403 e. The molecule has 2 aliphatic rings. The fraction of sp³-hybridized carbons (Fsp3) is 0.520. The zero-order valence-corrected chi connectivity index (χ0v) is 22.8. The third-order valence-electron chi connectivity index (χ3n) is 7.14. The maximum atomic E-state index is 13.8. The summed E-state index contributed by atoms with van der Waals surface area (Å²) in [5, 5.41) is 0. The van der Waals surface area contributed by atoms with Crippen LogP contribution in [0.1, 0.15) is 44.0 Å². The van der Waals surface area contributed by atoms with Crippen molar-refractivity contribution in [2.45, 2.75) is 51.6 Å². The number of nitrogens with zero attached hydrogens (tertiary/aromatic N) is 4. The van der Waals surface area contributed by atoms with Crippen molar-refractivity contribution in [2.75, 3.05) is 36.5 Å². The largest absolute Gasteiger partial charge is 0.573 e. The predicted octanol–water partition coefficient (Wildman–Crippen LogP) is 3.93. The van der Waals surface area contributed by atoms with Crippen molar-refractivity contribution < 1.29 is 35.5 Å². The van der Waals surface area contributed by atoms with Gasteiger partial charge in [-0.25, -0.2) is 14.1 Å². The van der Waals surface area contributed by atoms with Crippen molar-refractivity contribution in [3.8, 4) is 5.75 Å². The molecule has 2 aliphatic heterocycles. The zero-order chi connectivity index (χ0) is 28.8. The minimum Gasteiger partial charge on any atom is -0.403 e. The molecule has 214 valence electrons. The van der Waals surface area contributed by atoms with Crippen molar-refractivity contribution in [2.24, 2.45) is 5.92 Å². The SMILES string of the molecule is C[C@@H]1CN(c2ncccc2C(=O)NS(=O)(=O)N2CC[C@@H](N(C)c3ccc(F)c(OC(F)(F)F)c3)C2)C(C)(C)C1. The Morgan fingerprint density at radius 3 is 2.59 bits per heavy atom. The third kappa shape index (κ3) is 6.38. The van der Waals surface area contributed by atoms with Gasteiger partial charge < -0.3 is 14.5 Å². The lowest BCUT2D eigenvalue weighted by Gasteiger charge is -2.33. The summed E-state index contributed by atoms with van der Waals surface area (Å²) in [4.78, 5) is 21.1. The van der Waals surface area contributed by atoms with E-state index < -0.39 is 40.1 Å². The van der Waals surface area contributed by atoms with Gasteiger partial charge in [-0.2, -0.15) is 12.7 Å². The first kappa shape index (κ1) is 28.9. The monoisotopic (exact) mass is 573 g/mol. The molecule has 0 bridgehead atoms. The van der Waals surface area contributed by atoms with E-state index in [0.717, 1.165) is 22.9 Å². The topological polar surface area (TPSA) is 95.1 Å². The van der Waals surface area contributed by atoms with Crippen molar-refractivity contribution in [3.05, 3.63) is 47.9 Å². The molecule has 14 heteroatoms. The first-order valence-corrected chi connectivity index (χ1v) is 13.8. The van der Waals surface area contributed by atoms with Crippen LogP contribution in [0.2, 0.25) is 0 Å². The van der Waals surface area contributed by atoms with E-state index in [-0.39, 0.29) is 29.9 Å². The average molecular weight is 574 g/mol. The number of halogens is 4. The van der Waals surface area contributed by atoms with E-state index in [1.807, 2.05) is 18.7 Å². The van der Waals surface area contributed by atoms with Crippen LogP contribution in [0, 0.1) is 11.7 Å². The van der Waals surface area contributed by atoms with E-state index >= 15 is 0 Å². The highest BCUT2D eigenvalue weighted by molar-refractivity contribution is 7.87. The summed E-state index contributed by atoms with van der Waals surface area (Å²) in [5.41, 5.74) is 0.0887. The van der Waals surface area contributed by atoms with E-state index in [4.69, 9.17) is 0 Å². The van der Waals surface area contributed by atoms with Crippen LogP contribution in [0.4, 0.5) is 29.1 Å². The molecule has 2 atom stereocenters. The van der Waals surface area contributed by atoms with Crippen LogP contribution in [-0.4, -0.2) is 68.2 Å². The van der Waals surface area contributed by atoms with Gasteiger partial charge in [-0.05, 0) is 56.9 Å². The van der Waals surface area contributed by atoms with Crippen LogP contribution in [0.3, 0.4) is 0 Å². The fourth-order valence-electron chi connectivity index (χ4n) is 5.36. The standard InChI is InChI=1S/C25H31F4N5O4S/c1-16-13-24(2,3)34(14-16)22-19(6-5-10-30-22)23(35)31-39(36,37)33-11-9-18(15-33)32(4)17-7-8-20(26)21(12-17)38-25(27,28)29/h5-8,10,12,16,18H,9,11,13-15H2,1-4H3,(H,31,35)/t16-,18+/m0/s1. The lowest BCUT2D eigenvalue weighted by atomic mass is 9.97. The Kier molecular flexibility index (Phi) is 7.74. The molecular weight excluding hydrogens is 542 g/mol. The Balaban J connectivity index is 1.46. The number of anilines is 2. The summed E-state index contributed by atoms with van der Waals surface area (Å²) < 4.78 is 84.9. The quantitative estimate of drug-likeness (QED) is 0.502. The molecule has 0 unspecified atom stereocenters. The number of carbonyl (C=O) groups is 1. The molecule has 2 fully saturated rings. The highest BCUT2D eigenvalue weighted by Gasteiger charge is 2.40. The van der Waals surface area contributed by atoms with E-state index in [1.165, 1.54) is 12.1 Å². The molecule has 1 aromatic heterocycles. The van der Waals surface area contributed by atoms with E-state index in [0.29, 0.717) is 24.7 Å². The number of amides is 1. The first-order valence-electron chi connectivity index (χ1n) is 12.4. The number of rotatable bonds is 7. The van der Waals surface area contributed by atoms with Crippen LogP contribution >= 0.6 is 0 Å². The minimum atomic E-state index is -5.06. The summed E-state index contributed by atoms with van der Waals surface area (Å²) in [6.07, 6.45) is -2.29. The molecule has 0 aliphatic carbocycles. The van der Waals surface area contributed by atoms with E-state index in [1.54, 1.807) is 24.2 Å². The Labute approximate surface area is 224 Å². The van der Waals surface area contributed by atoms with Crippen molar-refractivity contribution in [3.63, 3.8) is 0 Å². The molecule has 0 saturated carbocycles. The molecule has 4 rings (SSSR count). The summed E-state index contributed by atoms with van der Waals surface area (Å²) in [7, 11) is -2.69. The second kappa shape index (κ2) is 10.5. The van der Waals surface area contributed by atoms with Gasteiger partial charge in [0, 0.05) is 56.2 Å². The van der Waals surface area contributed by atoms with Gasteiger partial charge in [-0.1, -0.05) is 6.92 Å². The highest BCUT2D eigenvalue weighted by atomic mass is 32.2. The number of pyridine rings is 1. The maximum Gasteiger partial charge on any atom is 0.573 e. The lowest BCUT2D eigenvalue weighted by Crippen LogP contribution is -2.45. The molecule has 9 nitrogen and oxygen atoms in total. The van der Waals surface area contributed by atoms with Crippen molar-refractivity contribution in [1.29, 1.82) is 0 Å². The van der Waals surface area contributed by atoms with Crippen LogP contribution in [-0.2, 0) is 10.2 Å². The number of hydrogen-bond acceptors (Lipinski definition) is 7. The normalized spacial score (nSPS) is 21.7. The van der Waals surface area contributed by atoms with Crippen molar-refractivity contribution in [1.82, 2.24) is 14.0 Å². The molecule has 0 radical (unpaired) electrons. The molecule has 39 heavy (non-hydrogen) atoms. The second-order valence-electron chi connectivity index (χ2n) is 10.6. The first-order chi connectivity index (χ1) is 18.1. The van der Waals surface area contributed by atoms with Gasteiger partial charge in [-0.15, -0.1) is 13.2 Å². The molecule has 2 saturated heterocycles. The van der Waals surface area contributed by atoms with Gasteiger partial charge in [-0.3, -0.25) is 4.79 Å². The lowest BCUT2D eigenvalue weighted by molar-refractivity contribution is -0.275. The van der Waals surface area contributed by atoms with Crippen LogP contribution in [0.15, 0.2) is 36.5 Å². The molecule has 1 N–H and O–H groups in total. The summed E-state index contributed by atoms with van der Waals surface area (Å²) in [6.45, 7) is 6.90. The number of benzene rings is 1. The number of ether oxygens (including phenoxy) is 1. The van der Waals surface area contributed by atoms with E-state index in [9.17, 15) is 30.8 Å². The number of likely N-dealkylation sites (N-methyl/N-ethyl adjacent to an activating group) is 1. The van der Waals surface area contributed by atoms with Gasteiger partial charge in [0.2, 0.25) is 0 Å². The minimum absolute atomic E-state index is 0.0392. The average Bonchev–Trinajstić information content (AvgIpc) is 3.43. The molecular formula is C25H31F4N5O4S. The van der Waals surface area contributed by atoms with Gasteiger partial charge >= 0.3 is 16.6 Å². The summed E-state index contributed by atoms with van der Waals surface area (Å²) in [6, 6.07) is 5.69. The molecule has 0 spiro atoms. The number of alkyl halides is 3. The number of aromatic nitrogens is 1. The van der Waals surface area contributed by atoms with Crippen LogP contribution in [0.5, 0.6) is 5.75 Å². The Morgan fingerprint density at radius 2 is 1.95 bits per heavy atom. The number of hydrogen-bond donors (Lipinski definition) is 1. The van der Waals surface area contributed by atoms with Gasteiger partial charge in [0.15, 0.2) is 11.6 Å². The maximum absolute atomic E-state index is 13.8. The van der Waals surface area contributed by atoms with E-state index in [2.05, 4.69) is 21.4 Å². The number of nitrogens with one attached hydrogen (secondary N) is 1. The Hall–Kier alpha value is -3.13. The Bertz CT molecular complexity index is 1340. The Morgan fingerprint density at radius 1 is 1.23 bits per heavy atom. The van der Waals surface area contributed by atoms with Crippen LogP contribution < -0.4 is 19.3 Å². The number of carbonyl (C=O) groups excluding carboxylic acids is 1. The van der Waals surface area contributed by atoms with Gasteiger partial charge in [0.1, 0.15) is 5.82 Å². The molecule has 1 amide bonds. The summed E-state index contributed by atoms with van der Waals surface area (Å²) >= 11 is 0. The van der Waals surface area contributed by atoms with Crippen molar-refractivity contribution >= 4 is 27.6 Å². The molecule has 3 heterocycles.